The van der Waals surface area contributed by atoms with Crippen LogP contribution in [0.25, 0.3) is 0 Å². The van der Waals surface area contributed by atoms with E-state index in [9.17, 15) is 12.8 Å². The van der Waals surface area contributed by atoms with Gasteiger partial charge < -0.3 is 15.2 Å². The Kier molecular flexibility index (Phi) is 5.97. The maximum Gasteiger partial charge on any atom is 0.267 e. The van der Waals surface area contributed by atoms with Crippen LogP contribution in [-0.2, 0) is 10.0 Å². The molecule has 0 unspecified atom stereocenters. The van der Waals surface area contributed by atoms with Crippen molar-refractivity contribution >= 4 is 21.4 Å². The highest BCUT2D eigenvalue weighted by atomic mass is 32.2. The lowest BCUT2D eigenvalue weighted by atomic mass is 10.1. The fourth-order valence-corrected chi connectivity index (χ4v) is 3.77. The molecule has 154 valence electrons. The number of fused-ring (bicyclic) bond motifs is 1. The molecule has 0 bridgehead atoms. The predicted octanol–water partition coefficient (Wildman–Crippen LogP) is 1.86. The van der Waals surface area contributed by atoms with Gasteiger partial charge in [-0.05, 0) is 32.2 Å². The Labute approximate surface area is 167 Å². The van der Waals surface area contributed by atoms with E-state index in [0.717, 1.165) is 12.3 Å². The number of nitrogens with zero attached hydrogens (tertiary/aromatic N) is 3. The number of rotatable bonds is 6. The van der Waals surface area contributed by atoms with Crippen molar-refractivity contribution in [1.29, 1.82) is 0 Å². The van der Waals surface area contributed by atoms with E-state index in [-0.39, 0.29) is 24.2 Å². The summed E-state index contributed by atoms with van der Waals surface area (Å²) in [7, 11) is -4.21. The van der Waals surface area contributed by atoms with E-state index >= 15 is 0 Å². The zero-order valence-corrected chi connectivity index (χ0v) is 16.6. The summed E-state index contributed by atoms with van der Waals surface area (Å²) in [6.07, 6.45) is 5.08. The number of pyridine rings is 2. The quantitative estimate of drug-likeness (QED) is 0.728. The van der Waals surface area contributed by atoms with E-state index in [2.05, 4.69) is 19.7 Å². The number of hydrogen-bond donors (Lipinski definition) is 2. The molecule has 0 saturated carbocycles. The fraction of sp³-hybridized carbons (Fsp3) is 0.278. The second-order valence-electron chi connectivity index (χ2n) is 6.11. The highest BCUT2D eigenvalue weighted by Crippen LogP contribution is 2.28. The van der Waals surface area contributed by atoms with Gasteiger partial charge in [0.25, 0.3) is 10.0 Å². The molecule has 3 heterocycles. The van der Waals surface area contributed by atoms with E-state index in [1.807, 2.05) is 6.92 Å². The van der Waals surface area contributed by atoms with E-state index < -0.39 is 20.7 Å². The van der Waals surface area contributed by atoms with Gasteiger partial charge in [-0.3, -0.25) is 9.71 Å². The molecule has 11 heteroatoms. The SMILES string of the molecule is CCOc1ncc(F)cc1S(=O)(=O)Nc1cnc2c(c1)C(C=CN)=N[C@@H](C)CO2. The molecule has 29 heavy (non-hydrogen) atoms. The van der Waals surface area contributed by atoms with Crippen molar-refractivity contribution in [3.63, 3.8) is 0 Å². The van der Waals surface area contributed by atoms with Gasteiger partial charge in [-0.1, -0.05) is 0 Å². The molecule has 0 aromatic carbocycles. The molecule has 0 spiro atoms. The Morgan fingerprint density at radius 1 is 1.38 bits per heavy atom. The third-order valence-corrected chi connectivity index (χ3v) is 5.19. The number of hydrogen-bond acceptors (Lipinski definition) is 8. The third kappa shape index (κ3) is 4.62. The first kappa shape index (κ1) is 20.5. The molecular weight excluding hydrogens is 401 g/mol. The number of anilines is 1. The largest absolute Gasteiger partial charge is 0.477 e. The van der Waals surface area contributed by atoms with Crippen LogP contribution in [0, 0.1) is 5.82 Å². The zero-order valence-electron chi connectivity index (χ0n) is 15.8. The molecule has 0 saturated heterocycles. The van der Waals surface area contributed by atoms with Crippen molar-refractivity contribution in [3.05, 3.63) is 48.2 Å². The van der Waals surface area contributed by atoms with Crippen LogP contribution in [0.4, 0.5) is 10.1 Å². The molecule has 0 amide bonds. The summed E-state index contributed by atoms with van der Waals surface area (Å²) in [6.45, 7) is 4.02. The second kappa shape index (κ2) is 8.43. The third-order valence-electron chi connectivity index (χ3n) is 3.81. The molecule has 1 atom stereocenters. The van der Waals surface area contributed by atoms with E-state index in [4.69, 9.17) is 15.2 Å². The molecule has 0 aliphatic carbocycles. The summed E-state index contributed by atoms with van der Waals surface area (Å²) >= 11 is 0. The number of aromatic nitrogens is 2. The number of nitrogens with two attached hydrogens (primary N) is 1. The summed E-state index contributed by atoms with van der Waals surface area (Å²) < 4.78 is 52.5. The number of aliphatic imine (C=N–C) groups is 1. The van der Waals surface area contributed by atoms with Gasteiger partial charge in [-0.2, -0.15) is 0 Å². The van der Waals surface area contributed by atoms with E-state index in [1.165, 1.54) is 18.5 Å². The lowest BCUT2D eigenvalue weighted by Gasteiger charge is -2.13. The van der Waals surface area contributed by atoms with Gasteiger partial charge in [0.2, 0.25) is 11.8 Å². The van der Waals surface area contributed by atoms with Gasteiger partial charge in [0.15, 0.2) is 4.90 Å². The zero-order chi connectivity index (χ0) is 21.0. The number of halogens is 1. The minimum atomic E-state index is -4.21. The number of nitrogens with one attached hydrogen (secondary N) is 1. The van der Waals surface area contributed by atoms with Crippen molar-refractivity contribution < 1.29 is 22.3 Å². The minimum Gasteiger partial charge on any atom is -0.477 e. The molecule has 2 aromatic heterocycles. The van der Waals surface area contributed by atoms with E-state index in [0.29, 0.717) is 23.8 Å². The van der Waals surface area contributed by atoms with Crippen LogP contribution in [0.3, 0.4) is 0 Å². The van der Waals surface area contributed by atoms with Gasteiger partial charge in [0.1, 0.15) is 12.4 Å². The van der Waals surface area contributed by atoms with Crippen LogP contribution in [0.15, 0.2) is 46.7 Å². The van der Waals surface area contributed by atoms with Crippen molar-refractivity contribution in [2.75, 3.05) is 17.9 Å². The van der Waals surface area contributed by atoms with Crippen LogP contribution in [-0.4, -0.2) is 43.4 Å². The molecule has 1 aliphatic rings. The van der Waals surface area contributed by atoms with Gasteiger partial charge in [0, 0.05) is 6.07 Å². The Balaban J connectivity index is 2.00. The van der Waals surface area contributed by atoms with Gasteiger partial charge in [0.05, 0.1) is 42.0 Å². The lowest BCUT2D eigenvalue weighted by Crippen LogP contribution is -2.16. The average molecular weight is 421 g/mol. The van der Waals surface area contributed by atoms with Crippen LogP contribution in [0.2, 0.25) is 0 Å². The van der Waals surface area contributed by atoms with Crippen molar-refractivity contribution in [2.24, 2.45) is 10.7 Å². The van der Waals surface area contributed by atoms with Crippen molar-refractivity contribution in [3.8, 4) is 11.8 Å². The minimum absolute atomic E-state index is 0.131. The number of allylic oxidation sites excluding steroid dienone is 1. The van der Waals surface area contributed by atoms with E-state index in [1.54, 1.807) is 13.0 Å². The highest BCUT2D eigenvalue weighted by Gasteiger charge is 2.24. The van der Waals surface area contributed by atoms with Crippen LogP contribution in [0.1, 0.15) is 19.4 Å². The summed E-state index contributed by atoms with van der Waals surface area (Å²) in [5.74, 6) is -0.704. The van der Waals surface area contributed by atoms with Crippen molar-refractivity contribution in [1.82, 2.24) is 9.97 Å². The predicted molar refractivity (Wildman–Crippen MR) is 105 cm³/mol. The fourth-order valence-electron chi connectivity index (χ4n) is 2.63. The first-order valence-corrected chi connectivity index (χ1v) is 10.2. The first-order valence-electron chi connectivity index (χ1n) is 8.74. The molecule has 3 rings (SSSR count). The summed E-state index contributed by atoms with van der Waals surface area (Å²) in [6, 6.07) is 2.22. The van der Waals surface area contributed by atoms with Crippen molar-refractivity contribution in [2.45, 2.75) is 24.8 Å². The Morgan fingerprint density at radius 2 is 2.17 bits per heavy atom. The maximum atomic E-state index is 13.6. The molecular formula is C18H20FN5O4S. The standard InChI is InChI=1S/C18H20FN5O4S/c1-3-27-18-16(6-12(19)8-21-18)29(25,26)24-13-7-14-15(4-5-20)23-11(2)10-28-17(14)22-9-13/h4-9,11,24H,3,10,20H2,1-2H3/t11-/m0/s1. The molecule has 0 radical (unpaired) electrons. The highest BCUT2D eigenvalue weighted by molar-refractivity contribution is 7.92. The van der Waals surface area contributed by atoms with Gasteiger partial charge in [-0.15, -0.1) is 0 Å². The second-order valence-corrected chi connectivity index (χ2v) is 7.76. The molecule has 0 fully saturated rings. The number of sulfonamides is 1. The summed E-state index contributed by atoms with van der Waals surface area (Å²) in [5.41, 5.74) is 6.60. The molecule has 1 aliphatic heterocycles. The van der Waals surface area contributed by atoms with Crippen LogP contribution in [0.5, 0.6) is 11.8 Å². The topological polar surface area (TPSA) is 129 Å². The Bertz CT molecular complexity index is 1070. The first-order chi connectivity index (χ1) is 13.8. The molecule has 3 N–H and O–H groups in total. The van der Waals surface area contributed by atoms with Gasteiger partial charge in [-0.25, -0.2) is 22.8 Å². The molecule has 2 aromatic rings. The van der Waals surface area contributed by atoms with Gasteiger partial charge >= 0.3 is 0 Å². The summed E-state index contributed by atoms with van der Waals surface area (Å²) in [5, 5.41) is 0. The van der Waals surface area contributed by atoms with Crippen LogP contribution >= 0.6 is 0 Å². The average Bonchev–Trinajstić information content (AvgIpc) is 2.82. The van der Waals surface area contributed by atoms with Crippen LogP contribution < -0.4 is 19.9 Å². The maximum absolute atomic E-state index is 13.6. The normalized spacial score (nSPS) is 16.5. The Morgan fingerprint density at radius 3 is 2.90 bits per heavy atom. The number of ether oxygens (including phenoxy) is 2. The summed E-state index contributed by atoms with van der Waals surface area (Å²) in [4.78, 5) is 11.9. The smallest absolute Gasteiger partial charge is 0.267 e. The monoisotopic (exact) mass is 421 g/mol. The lowest BCUT2D eigenvalue weighted by molar-refractivity contribution is 0.289. The molecule has 9 nitrogen and oxygen atoms in total. The Hall–Kier alpha value is -3.21.